The van der Waals surface area contributed by atoms with Crippen molar-refractivity contribution in [1.82, 2.24) is 4.57 Å². The quantitative estimate of drug-likeness (QED) is 0.858. The highest BCUT2D eigenvalue weighted by Gasteiger charge is 2.19. The molecule has 0 aliphatic rings. The van der Waals surface area contributed by atoms with E-state index in [4.69, 9.17) is 15.8 Å². The van der Waals surface area contributed by atoms with Gasteiger partial charge in [0.25, 0.3) is 9.05 Å². The molecule has 1 aromatic carbocycles. The van der Waals surface area contributed by atoms with Crippen LogP contribution in [0, 0.1) is 6.92 Å². The van der Waals surface area contributed by atoms with Gasteiger partial charge in [0.05, 0.1) is 4.90 Å². The van der Waals surface area contributed by atoms with E-state index in [-0.39, 0.29) is 10.6 Å². The fraction of sp³-hybridized carbons (Fsp3) is 0.182. The smallest absolute Gasteiger partial charge is 0.352 e. The van der Waals surface area contributed by atoms with Crippen LogP contribution in [0.15, 0.2) is 23.1 Å². The largest absolute Gasteiger partial charge is 0.477 e. The summed E-state index contributed by atoms with van der Waals surface area (Å²) in [5.74, 6) is -1.05. The molecule has 0 saturated carbocycles. The van der Waals surface area contributed by atoms with Gasteiger partial charge in [0.2, 0.25) is 0 Å². The molecule has 1 N–H and O–H groups in total. The number of aromatic carboxylic acids is 1. The molecule has 0 aliphatic carbocycles. The number of carboxylic acids is 1. The Bertz CT molecular complexity index is 761. The molecule has 0 atom stereocenters. The summed E-state index contributed by atoms with van der Waals surface area (Å²) in [6, 6.07) is 4.29. The second kappa shape index (κ2) is 4.00. The predicted octanol–water partition coefficient (Wildman–Crippen LogP) is 2.11. The summed E-state index contributed by atoms with van der Waals surface area (Å²) in [4.78, 5) is 11.1. The lowest BCUT2D eigenvalue weighted by atomic mass is 10.1. The van der Waals surface area contributed by atoms with Crippen molar-refractivity contribution < 1.29 is 18.3 Å². The fourth-order valence-electron chi connectivity index (χ4n) is 2.06. The van der Waals surface area contributed by atoms with Gasteiger partial charge in [0.15, 0.2) is 0 Å². The van der Waals surface area contributed by atoms with Gasteiger partial charge in [-0.3, -0.25) is 0 Å². The zero-order chi connectivity index (χ0) is 13.7. The van der Waals surface area contributed by atoms with Gasteiger partial charge in [-0.1, -0.05) is 0 Å². The second-order valence-corrected chi connectivity index (χ2v) is 6.52. The first-order valence-corrected chi connectivity index (χ1v) is 7.31. The number of carboxylic acid groups (broad SMARTS) is 1. The molecule has 0 saturated heterocycles. The minimum Gasteiger partial charge on any atom is -0.477 e. The van der Waals surface area contributed by atoms with E-state index in [1.54, 1.807) is 20.0 Å². The van der Waals surface area contributed by atoms with Crippen molar-refractivity contribution in [1.29, 1.82) is 0 Å². The minimum atomic E-state index is -3.82. The maximum Gasteiger partial charge on any atom is 0.352 e. The van der Waals surface area contributed by atoms with Gasteiger partial charge in [0, 0.05) is 28.6 Å². The highest BCUT2D eigenvalue weighted by atomic mass is 35.7. The van der Waals surface area contributed by atoms with Crippen LogP contribution in [0.1, 0.15) is 16.1 Å². The summed E-state index contributed by atoms with van der Waals surface area (Å²) in [6.45, 7) is 1.64. The van der Waals surface area contributed by atoms with Gasteiger partial charge in [-0.25, -0.2) is 13.2 Å². The first-order valence-electron chi connectivity index (χ1n) is 5.00. The third kappa shape index (κ3) is 1.87. The highest BCUT2D eigenvalue weighted by Crippen LogP contribution is 2.28. The molecule has 5 nitrogen and oxygen atoms in total. The summed E-state index contributed by atoms with van der Waals surface area (Å²) >= 11 is 0. The van der Waals surface area contributed by atoms with Crippen molar-refractivity contribution in [2.75, 3.05) is 0 Å². The number of aromatic nitrogens is 1. The molecule has 2 rings (SSSR count). The van der Waals surface area contributed by atoms with Gasteiger partial charge < -0.3 is 9.67 Å². The summed E-state index contributed by atoms with van der Waals surface area (Å²) in [7, 11) is 3.07. The van der Waals surface area contributed by atoms with Gasteiger partial charge in [-0.2, -0.15) is 0 Å². The van der Waals surface area contributed by atoms with Crippen LogP contribution >= 0.6 is 10.7 Å². The van der Waals surface area contributed by atoms with E-state index in [0.29, 0.717) is 16.5 Å². The highest BCUT2D eigenvalue weighted by molar-refractivity contribution is 8.13. The standard InChI is InChI=1S/C11H10ClNO4S/c1-6-8-5-7(18(12,16)17)3-4-9(8)13(2)10(6)11(14)15/h3-5H,1-2H3,(H,14,15). The van der Waals surface area contributed by atoms with Gasteiger partial charge in [0.1, 0.15) is 5.69 Å². The first kappa shape index (κ1) is 12.9. The average molecular weight is 288 g/mol. The molecule has 0 aliphatic heterocycles. The Labute approximate surface area is 108 Å². The SMILES string of the molecule is Cc1c(C(=O)O)n(C)c2ccc(S(=O)(=O)Cl)cc12. The van der Waals surface area contributed by atoms with E-state index in [1.807, 2.05) is 0 Å². The monoisotopic (exact) mass is 287 g/mol. The molecule has 2 aromatic rings. The molecule has 96 valence electrons. The molecule has 0 amide bonds. The summed E-state index contributed by atoms with van der Waals surface area (Å²) in [5.41, 5.74) is 1.30. The summed E-state index contributed by atoms with van der Waals surface area (Å²) in [5, 5.41) is 9.68. The molecule has 1 heterocycles. The number of fused-ring (bicyclic) bond motifs is 1. The number of halogens is 1. The van der Waals surface area contributed by atoms with Crippen molar-refractivity contribution >= 4 is 36.6 Å². The number of hydrogen-bond acceptors (Lipinski definition) is 3. The molecule has 0 fully saturated rings. The molecule has 0 unspecified atom stereocenters. The molecule has 0 bridgehead atoms. The molecular weight excluding hydrogens is 278 g/mol. The van der Waals surface area contributed by atoms with Crippen LogP contribution in [0.4, 0.5) is 0 Å². The summed E-state index contributed by atoms with van der Waals surface area (Å²) in [6.07, 6.45) is 0. The van der Waals surface area contributed by atoms with E-state index in [2.05, 4.69) is 0 Å². The Morgan fingerprint density at radius 1 is 1.39 bits per heavy atom. The Morgan fingerprint density at radius 2 is 2.00 bits per heavy atom. The number of hydrogen-bond donors (Lipinski definition) is 1. The Balaban J connectivity index is 2.88. The van der Waals surface area contributed by atoms with Crippen molar-refractivity contribution in [2.45, 2.75) is 11.8 Å². The van der Waals surface area contributed by atoms with E-state index >= 15 is 0 Å². The molecule has 1 aromatic heterocycles. The van der Waals surface area contributed by atoms with Crippen LogP contribution in [-0.4, -0.2) is 24.1 Å². The van der Waals surface area contributed by atoms with E-state index in [0.717, 1.165) is 0 Å². The lowest BCUT2D eigenvalue weighted by molar-refractivity contribution is 0.0686. The van der Waals surface area contributed by atoms with Crippen LogP contribution in [0.5, 0.6) is 0 Å². The predicted molar refractivity (Wildman–Crippen MR) is 67.7 cm³/mol. The maximum atomic E-state index is 11.3. The van der Waals surface area contributed by atoms with Crippen LogP contribution in [-0.2, 0) is 16.1 Å². The van der Waals surface area contributed by atoms with E-state index in [1.165, 1.54) is 16.7 Å². The number of nitrogens with zero attached hydrogens (tertiary/aromatic N) is 1. The topological polar surface area (TPSA) is 76.4 Å². The van der Waals surface area contributed by atoms with Crippen LogP contribution in [0.25, 0.3) is 10.9 Å². The summed E-state index contributed by atoms with van der Waals surface area (Å²) < 4.78 is 24.0. The fourth-order valence-corrected chi connectivity index (χ4v) is 2.84. The maximum absolute atomic E-state index is 11.3. The zero-order valence-corrected chi connectivity index (χ0v) is 11.2. The van der Waals surface area contributed by atoms with E-state index in [9.17, 15) is 13.2 Å². The van der Waals surface area contributed by atoms with Crippen LogP contribution in [0.2, 0.25) is 0 Å². The normalized spacial score (nSPS) is 11.9. The molecule has 18 heavy (non-hydrogen) atoms. The molecule has 0 spiro atoms. The third-order valence-electron chi connectivity index (χ3n) is 2.91. The lowest BCUT2D eigenvalue weighted by Gasteiger charge is -2.00. The second-order valence-electron chi connectivity index (χ2n) is 3.95. The first-order chi connectivity index (χ1) is 8.23. The molecular formula is C11H10ClNO4S. The van der Waals surface area contributed by atoms with Crippen molar-refractivity contribution in [3.05, 3.63) is 29.5 Å². The van der Waals surface area contributed by atoms with Crippen molar-refractivity contribution in [3.8, 4) is 0 Å². The number of carbonyl (C=O) groups is 1. The minimum absolute atomic E-state index is 0.0395. The van der Waals surface area contributed by atoms with E-state index < -0.39 is 15.0 Å². The third-order valence-corrected chi connectivity index (χ3v) is 4.26. The average Bonchev–Trinajstić information content (AvgIpc) is 2.50. The number of benzene rings is 1. The Kier molecular flexibility index (Phi) is 2.87. The van der Waals surface area contributed by atoms with Gasteiger partial charge in [-0.15, -0.1) is 0 Å². The van der Waals surface area contributed by atoms with Crippen molar-refractivity contribution in [2.24, 2.45) is 7.05 Å². The Morgan fingerprint density at radius 3 is 2.50 bits per heavy atom. The van der Waals surface area contributed by atoms with Crippen LogP contribution < -0.4 is 0 Å². The van der Waals surface area contributed by atoms with Gasteiger partial charge in [-0.05, 0) is 30.7 Å². The number of rotatable bonds is 2. The van der Waals surface area contributed by atoms with Gasteiger partial charge >= 0.3 is 5.97 Å². The lowest BCUT2D eigenvalue weighted by Crippen LogP contribution is -2.05. The van der Waals surface area contributed by atoms with Crippen molar-refractivity contribution in [3.63, 3.8) is 0 Å². The number of aryl methyl sites for hydroxylation is 2. The molecule has 0 radical (unpaired) electrons. The van der Waals surface area contributed by atoms with Crippen LogP contribution in [0.3, 0.4) is 0 Å². The Hall–Kier alpha value is -1.53. The zero-order valence-electron chi connectivity index (χ0n) is 9.64. The molecule has 7 heteroatoms.